The van der Waals surface area contributed by atoms with Gasteiger partial charge in [0, 0.05) is 55.9 Å². The van der Waals surface area contributed by atoms with E-state index in [1.807, 2.05) is 28.9 Å². The minimum atomic E-state index is -0.120. The zero-order chi connectivity index (χ0) is 20.2. The van der Waals surface area contributed by atoms with Crippen molar-refractivity contribution < 1.29 is 14.6 Å². The van der Waals surface area contributed by atoms with Gasteiger partial charge >= 0.3 is 0 Å². The summed E-state index contributed by atoms with van der Waals surface area (Å²) in [5.74, 6) is 0.537. The van der Waals surface area contributed by atoms with E-state index < -0.39 is 0 Å². The number of hydrogen-bond donors (Lipinski definition) is 2. The van der Waals surface area contributed by atoms with E-state index >= 15 is 0 Å². The van der Waals surface area contributed by atoms with Gasteiger partial charge in [0.25, 0.3) is 0 Å². The molecule has 29 heavy (non-hydrogen) atoms. The Morgan fingerprint density at radius 3 is 2.86 bits per heavy atom. The number of fused-ring (bicyclic) bond motifs is 1. The second-order valence-electron chi connectivity index (χ2n) is 6.99. The molecule has 0 amide bonds. The van der Waals surface area contributed by atoms with Crippen LogP contribution in [-0.2, 0) is 11.3 Å². The molecule has 4 rings (SSSR count). The zero-order valence-corrected chi connectivity index (χ0v) is 17.2. The number of benzene rings is 1. The summed E-state index contributed by atoms with van der Waals surface area (Å²) in [6.07, 6.45) is 3.91. The van der Waals surface area contributed by atoms with E-state index in [1.165, 1.54) is 0 Å². The highest BCUT2D eigenvalue weighted by Gasteiger charge is 2.14. The van der Waals surface area contributed by atoms with Crippen molar-refractivity contribution in [3.63, 3.8) is 0 Å². The van der Waals surface area contributed by atoms with Gasteiger partial charge in [-0.3, -0.25) is 4.90 Å². The Morgan fingerprint density at radius 2 is 2.10 bits per heavy atom. The smallest absolute Gasteiger partial charge is 0.139 e. The molecule has 8 heteroatoms. The molecule has 0 aliphatic carbocycles. The third kappa shape index (κ3) is 4.48. The number of aliphatic hydroxyl groups excluding tert-OH is 1. The van der Waals surface area contributed by atoms with Gasteiger partial charge in [-0.1, -0.05) is 11.6 Å². The average molecular weight is 417 g/mol. The van der Waals surface area contributed by atoms with Crippen LogP contribution in [0.25, 0.3) is 16.9 Å². The second kappa shape index (κ2) is 9.00. The predicted octanol–water partition coefficient (Wildman–Crippen LogP) is 2.90. The van der Waals surface area contributed by atoms with Crippen LogP contribution in [0.2, 0.25) is 5.02 Å². The van der Waals surface area contributed by atoms with Crippen molar-refractivity contribution in [3.8, 4) is 17.0 Å². The number of pyridine rings is 1. The van der Waals surface area contributed by atoms with Gasteiger partial charge < -0.3 is 24.3 Å². The Balaban J connectivity index is 1.52. The van der Waals surface area contributed by atoms with Crippen molar-refractivity contribution in [2.24, 2.45) is 0 Å². The van der Waals surface area contributed by atoms with E-state index in [1.54, 1.807) is 19.2 Å². The fourth-order valence-electron chi connectivity index (χ4n) is 3.53. The van der Waals surface area contributed by atoms with Crippen LogP contribution < -0.4 is 10.1 Å². The molecule has 7 nitrogen and oxygen atoms in total. The van der Waals surface area contributed by atoms with Crippen LogP contribution in [0.5, 0.6) is 5.75 Å². The minimum absolute atomic E-state index is 0.120. The highest BCUT2D eigenvalue weighted by molar-refractivity contribution is 6.32. The van der Waals surface area contributed by atoms with Gasteiger partial charge in [-0.15, -0.1) is 0 Å². The molecule has 0 atom stereocenters. The van der Waals surface area contributed by atoms with E-state index in [9.17, 15) is 5.11 Å². The summed E-state index contributed by atoms with van der Waals surface area (Å²) in [7, 11) is 1.56. The van der Waals surface area contributed by atoms with Gasteiger partial charge in [0.05, 0.1) is 37.6 Å². The maximum atomic E-state index is 9.76. The van der Waals surface area contributed by atoms with Crippen molar-refractivity contribution in [1.29, 1.82) is 0 Å². The molecule has 1 fully saturated rings. The summed E-state index contributed by atoms with van der Waals surface area (Å²) >= 11 is 6.29. The number of nitrogens with zero attached hydrogens (tertiary/aromatic N) is 3. The van der Waals surface area contributed by atoms with Crippen LogP contribution in [-0.4, -0.2) is 65.9 Å². The van der Waals surface area contributed by atoms with Crippen molar-refractivity contribution >= 4 is 22.9 Å². The molecular weight excluding hydrogens is 392 g/mol. The summed E-state index contributed by atoms with van der Waals surface area (Å²) in [4.78, 5) is 7.13. The lowest BCUT2D eigenvalue weighted by molar-refractivity contribution is 0.0398. The molecule has 154 valence electrons. The summed E-state index contributed by atoms with van der Waals surface area (Å²) in [6.45, 7) is 5.34. The normalized spacial score (nSPS) is 15.0. The lowest BCUT2D eigenvalue weighted by Crippen LogP contribution is -2.39. The molecule has 1 aliphatic rings. The Kier molecular flexibility index (Phi) is 6.20. The summed E-state index contributed by atoms with van der Waals surface area (Å²) in [5, 5.41) is 13.7. The number of anilines is 1. The number of hydrogen-bond acceptors (Lipinski definition) is 6. The lowest BCUT2D eigenvalue weighted by atomic mass is 10.1. The molecule has 3 heterocycles. The molecule has 3 aromatic rings. The molecule has 0 spiro atoms. The molecule has 0 unspecified atom stereocenters. The number of aliphatic hydroxyl groups is 1. The first kappa shape index (κ1) is 20.0. The van der Waals surface area contributed by atoms with E-state index in [4.69, 9.17) is 26.1 Å². The molecule has 2 N–H and O–H groups in total. The maximum Gasteiger partial charge on any atom is 0.139 e. The number of halogens is 1. The quantitative estimate of drug-likeness (QED) is 0.617. The van der Waals surface area contributed by atoms with Crippen LogP contribution in [0.15, 0.2) is 36.7 Å². The molecule has 0 bridgehead atoms. The zero-order valence-electron chi connectivity index (χ0n) is 16.4. The number of methoxy groups -OCH3 is 1. The molecule has 1 aromatic carbocycles. The van der Waals surface area contributed by atoms with Gasteiger partial charge in [0.2, 0.25) is 0 Å². The van der Waals surface area contributed by atoms with Crippen LogP contribution in [0.3, 0.4) is 0 Å². The minimum Gasteiger partial charge on any atom is -0.495 e. The van der Waals surface area contributed by atoms with E-state index in [0.717, 1.165) is 67.5 Å². The van der Waals surface area contributed by atoms with Crippen LogP contribution in [0, 0.1) is 0 Å². The molecule has 1 saturated heterocycles. The van der Waals surface area contributed by atoms with Crippen molar-refractivity contribution in [1.82, 2.24) is 14.3 Å². The Morgan fingerprint density at radius 1 is 1.28 bits per heavy atom. The fourth-order valence-corrected chi connectivity index (χ4v) is 3.77. The number of ether oxygens (including phenoxy) is 2. The SMILES string of the molecule is COc1cc(CO)c(-c2cn3ccc(NCCN4CCOCC4)cc3n2)cc1Cl. The number of rotatable bonds is 7. The molecule has 1 aliphatic heterocycles. The molecular formula is C21H25ClN4O3. The Labute approximate surface area is 174 Å². The molecule has 2 aromatic heterocycles. The maximum absolute atomic E-state index is 9.76. The third-order valence-corrected chi connectivity index (χ3v) is 5.44. The van der Waals surface area contributed by atoms with Gasteiger partial charge in [-0.2, -0.15) is 0 Å². The number of morpholine rings is 1. The molecule has 0 radical (unpaired) electrons. The predicted molar refractivity (Wildman–Crippen MR) is 114 cm³/mol. The van der Waals surface area contributed by atoms with E-state index in [2.05, 4.69) is 10.2 Å². The number of imidazole rings is 1. The van der Waals surface area contributed by atoms with Gasteiger partial charge in [0.15, 0.2) is 0 Å². The van der Waals surface area contributed by atoms with Crippen LogP contribution in [0.4, 0.5) is 5.69 Å². The van der Waals surface area contributed by atoms with Crippen molar-refractivity contribution in [2.45, 2.75) is 6.61 Å². The van der Waals surface area contributed by atoms with Crippen LogP contribution >= 0.6 is 11.6 Å². The van der Waals surface area contributed by atoms with E-state index in [-0.39, 0.29) is 6.61 Å². The van der Waals surface area contributed by atoms with E-state index in [0.29, 0.717) is 10.8 Å². The Bertz CT molecular complexity index is 985. The first-order valence-electron chi connectivity index (χ1n) is 9.68. The first-order valence-corrected chi connectivity index (χ1v) is 10.1. The monoisotopic (exact) mass is 416 g/mol. The van der Waals surface area contributed by atoms with Crippen molar-refractivity contribution in [2.75, 3.05) is 51.8 Å². The van der Waals surface area contributed by atoms with Gasteiger partial charge in [-0.25, -0.2) is 4.98 Å². The Hall–Kier alpha value is -2.32. The largest absolute Gasteiger partial charge is 0.495 e. The topological polar surface area (TPSA) is 71.3 Å². The summed E-state index contributed by atoms with van der Waals surface area (Å²) in [5.41, 5.74) is 4.12. The average Bonchev–Trinajstić information content (AvgIpc) is 3.17. The fraction of sp³-hybridized carbons (Fsp3) is 0.381. The number of nitrogens with one attached hydrogen (secondary N) is 1. The third-order valence-electron chi connectivity index (χ3n) is 5.15. The first-order chi connectivity index (χ1) is 14.2. The summed E-state index contributed by atoms with van der Waals surface area (Å²) < 4.78 is 12.6. The van der Waals surface area contributed by atoms with Crippen LogP contribution in [0.1, 0.15) is 5.56 Å². The number of aromatic nitrogens is 2. The molecule has 0 saturated carbocycles. The standard InChI is InChI=1S/C21H25ClN4O3/c1-28-20-10-15(14-27)17(12-18(20)22)19-13-26-4-2-16(11-21(26)24-19)23-3-5-25-6-8-29-9-7-25/h2,4,10-13,23,27H,3,5-9,14H2,1H3. The summed E-state index contributed by atoms with van der Waals surface area (Å²) in [6, 6.07) is 7.59. The lowest BCUT2D eigenvalue weighted by Gasteiger charge is -2.26. The highest BCUT2D eigenvalue weighted by Crippen LogP contribution is 2.33. The van der Waals surface area contributed by atoms with Gasteiger partial charge in [-0.05, 0) is 23.8 Å². The van der Waals surface area contributed by atoms with Gasteiger partial charge in [0.1, 0.15) is 11.4 Å². The van der Waals surface area contributed by atoms with Crippen molar-refractivity contribution in [3.05, 3.63) is 47.2 Å². The highest BCUT2D eigenvalue weighted by atomic mass is 35.5. The second-order valence-corrected chi connectivity index (χ2v) is 7.40.